The van der Waals surface area contributed by atoms with Gasteiger partial charge in [0, 0.05) is 5.54 Å². The number of hydrogen-bond acceptors (Lipinski definition) is 1. The third kappa shape index (κ3) is 3.32. The molecule has 0 aliphatic rings. The van der Waals surface area contributed by atoms with Crippen molar-refractivity contribution in [1.29, 1.82) is 0 Å². The largest absolute Gasteiger partial charge is 0.300 e. The molecule has 0 aliphatic carbocycles. The number of rotatable bonds is 4. The molecule has 0 saturated carbocycles. The van der Waals surface area contributed by atoms with Crippen molar-refractivity contribution < 1.29 is 4.79 Å². The standard InChI is InChI=1S/C16H26OSi/c1-13(17)15(18(5,6)16(2,3)4)12-14-10-8-7-9-11-14/h7-11,15H,12H2,1-6H3/t15-/m0/s1. The average Bonchev–Trinajstić information content (AvgIpc) is 2.25. The molecule has 0 spiro atoms. The van der Waals surface area contributed by atoms with E-state index < -0.39 is 8.07 Å². The van der Waals surface area contributed by atoms with Crippen LogP contribution >= 0.6 is 0 Å². The monoisotopic (exact) mass is 262 g/mol. The van der Waals surface area contributed by atoms with E-state index in [2.05, 4.69) is 58.1 Å². The molecule has 100 valence electrons. The van der Waals surface area contributed by atoms with Gasteiger partial charge in [-0.1, -0.05) is 64.2 Å². The molecule has 0 aromatic heterocycles. The molecular weight excluding hydrogens is 236 g/mol. The maximum Gasteiger partial charge on any atom is 0.130 e. The molecule has 0 fully saturated rings. The van der Waals surface area contributed by atoms with Gasteiger partial charge >= 0.3 is 0 Å². The molecule has 0 heterocycles. The lowest BCUT2D eigenvalue weighted by Crippen LogP contribution is -2.45. The first-order chi connectivity index (χ1) is 8.16. The molecule has 1 aromatic carbocycles. The van der Waals surface area contributed by atoms with Crippen LogP contribution in [0, 0.1) is 0 Å². The Morgan fingerprint density at radius 2 is 1.67 bits per heavy atom. The Morgan fingerprint density at radius 3 is 2.06 bits per heavy atom. The number of carbonyl (C=O) groups excluding carboxylic acids is 1. The second kappa shape index (κ2) is 5.39. The molecule has 0 unspecified atom stereocenters. The van der Waals surface area contributed by atoms with E-state index in [4.69, 9.17) is 0 Å². The first-order valence-electron chi connectivity index (χ1n) is 6.70. The van der Waals surface area contributed by atoms with Gasteiger partial charge in [0.15, 0.2) is 0 Å². The van der Waals surface area contributed by atoms with Gasteiger partial charge in [-0.05, 0) is 23.9 Å². The fourth-order valence-corrected chi connectivity index (χ4v) is 5.09. The molecule has 1 atom stereocenters. The third-order valence-corrected chi connectivity index (χ3v) is 10.8. The van der Waals surface area contributed by atoms with E-state index in [-0.39, 0.29) is 10.6 Å². The molecule has 0 radical (unpaired) electrons. The number of carbonyl (C=O) groups is 1. The Bertz CT molecular complexity index is 401. The van der Waals surface area contributed by atoms with Gasteiger partial charge in [0.1, 0.15) is 5.78 Å². The summed E-state index contributed by atoms with van der Waals surface area (Å²) in [5.74, 6) is 0.352. The highest BCUT2D eigenvalue weighted by molar-refractivity contribution is 6.84. The number of hydrogen-bond donors (Lipinski definition) is 0. The van der Waals surface area contributed by atoms with Gasteiger partial charge in [-0.3, -0.25) is 0 Å². The normalized spacial score (nSPS) is 14.3. The molecule has 1 aromatic rings. The Balaban J connectivity index is 3.02. The van der Waals surface area contributed by atoms with E-state index in [0.29, 0.717) is 5.78 Å². The van der Waals surface area contributed by atoms with E-state index in [0.717, 1.165) is 6.42 Å². The summed E-state index contributed by atoms with van der Waals surface area (Å²) in [5.41, 5.74) is 1.49. The van der Waals surface area contributed by atoms with Crippen LogP contribution in [0.1, 0.15) is 33.3 Å². The van der Waals surface area contributed by atoms with Crippen LogP contribution in [0.25, 0.3) is 0 Å². The molecule has 0 aliphatic heterocycles. The molecule has 2 heteroatoms. The minimum absolute atomic E-state index is 0.208. The van der Waals surface area contributed by atoms with Crippen molar-refractivity contribution in [3.63, 3.8) is 0 Å². The van der Waals surface area contributed by atoms with Gasteiger partial charge in [-0.2, -0.15) is 0 Å². The summed E-state index contributed by atoms with van der Waals surface area (Å²) in [6.07, 6.45) is 0.896. The van der Waals surface area contributed by atoms with Crippen molar-refractivity contribution in [2.45, 2.75) is 57.8 Å². The maximum absolute atomic E-state index is 12.1. The van der Waals surface area contributed by atoms with Crippen LogP contribution in [0.5, 0.6) is 0 Å². The summed E-state index contributed by atoms with van der Waals surface area (Å²) in [6.45, 7) is 13.3. The van der Waals surface area contributed by atoms with Crippen molar-refractivity contribution >= 4 is 13.9 Å². The molecule has 0 amide bonds. The van der Waals surface area contributed by atoms with Crippen LogP contribution in [0.3, 0.4) is 0 Å². The highest BCUT2D eigenvalue weighted by Gasteiger charge is 2.43. The molecule has 0 N–H and O–H groups in total. The van der Waals surface area contributed by atoms with Gasteiger partial charge in [0.25, 0.3) is 0 Å². The Kier molecular flexibility index (Phi) is 4.54. The topological polar surface area (TPSA) is 17.1 Å². The van der Waals surface area contributed by atoms with Gasteiger partial charge in [-0.25, -0.2) is 0 Å². The van der Waals surface area contributed by atoms with E-state index in [1.807, 2.05) is 6.07 Å². The SMILES string of the molecule is CC(=O)[C@H](Cc1ccccc1)[Si](C)(C)C(C)(C)C. The van der Waals surface area contributed by atoms with Crippen molar-refractivity contribution in [1.82, 2.24) is 0 Å². The fourth-order valence-electron chi connectivity index (χ4n) is 2.28. The summed E-state index contributed by atoms with van der Waals surface area (Å²) < 4.78 is 0. The number of ketones is 1. The van der Waals surface area contributed by atoms with E-state index in [1.54, 1.807) is 6.92 Å². The van der Waals surface area contributed by atoms with Crippen LogP contribution < -0.4 is 0 Å². The Labute approximate surface area is 113 Å². The van der Waals surface area contributed by atoms with Gasteiger partial charge in [0.05, 0.1) is 8.07 Å². The lowest BCUT2D eigenvalue weighted by molar-refractivity contribution is -0.117. The predicted octanol–water partition coefficient (Wildman–Crippen LogP) is 4.70. The molecule has 18 heavy (non-hydrogen) atoms. The molecule has 1 nitrogen and oxygen atoms in total. The summed E-state index contributed by atoms with van der Waals surface area (Å²) in [6, 6.07) is 10.4. The maximum atomic E-state index is 12.1. The van der Waals surface area contributed by atoms with E-state index in [9.17, 15) is 4.79 Å². The summed E-state index contributed by atoms with van der Waals surface area (Å²) in [4.78, 5) is 12.1. The summed E-state index contributed by atoms with van der Waals surface area (Å²) in [5, 5.41) is 0.248. The van der Waals surface area contributed by atoms with Crippen molar-refractivity contribution in [2.24, 2.45) is 0 Å². The Morgan fingerprint density at radius 1 is 1.17 bits per heavy atom. The van der Waals surface area contributed by atoms with Crippen molar-refractivity contribution in [3.8, 4) is 0 Å². The molecule has 1 rings (SSSR count). The molecule has 0 saturated heterocycles. The van der Waals surface area contributed by atoms with Crippen LogP contribution in [0.15, 0.2) is 30.3 Å². The zero-order valence-corrected chi connectivity index (χ0v) is 13.6. The Hall–Kier alpha value is -0.893. The second-order valence-corrected chi connectivity index (χ2v) is 12.5. The van der Waals surface area contributed by atoms with Crippen molar-refractivity contribution in [3.05, 3.63) is 35.9 Å². The summed E-state index contributed by atoms with van der Waals surface area (Å²) in [7, 11) is -1.63. The van der Waals surface area contributed by atoms with E-state index in [1.165, 1.54) is 5.56 Å². The van der Waals surface area contributed by atoms with Gasteiger partial charge < -0.3 is 4.79 Å². The quantitative estimate of drug-likeness (QED) is 0.719. The predicted molar refractivity (Wildman–Crippen MR) is 81.8 cm³/mol. The fraction of sp³-hybridized carbons (Fsp3) is 0.562. The number of benzene rings is 1. The minimum Gasteiger partial charge on any atom is -0.300 e. The number of Topliss-reactive ketones (excluding diaryl/α,β-unsaturated/α-hetero) is 1. The average molecular weight is 262 g/mol. The van der Waals surface area contributed by atoms with Crippen LogP contribution in [0.4, 0.5) is 0 Å². The lowest BCUT2D eigenvalue weighted by Gasteiger charge is -2.42. The highest BCUT2D eigenvalue weighted by Crippen LogP contribution is 2.45. The van der Waals surface area contributed by atoms with E-state index >= 15 is 0 Å². The zero-order chi connectivity index (χ0) is 14.0. The first-order valence-corrected chi connectivity index (χ1v) is 9.78. The highest BCUT2D eigenvalue weighted by atomic mass is 28.3. The second-order valence-electron chi connectivity index (χ2n) is 6.82. The van der Waals surface area contributed by atoms with Crippen LogP contribution in [-0.4, -0.2) is 13.9 Å². The molecule has 0 bridgehead atoms. The van der Waals surface area contributed by atoms with Crippen LogP contribution in [0.2, 0.25) is 23.7 Å². The van der Waals surface area contributed by atoms with Gasteiger partial charge in [0.2, 0.25) is 0 Å². The lowest BCUT2D eigenvalue weighted by atomic mass is 10.1. The third-order valence-electron chi connectivity index (χ3n) is 4.58. The summed E-state index contributed by atoms with van der Waals surface area (Å²) >= 11 is 0. The first kappa shape index (κ1) is 15.2. The smallest absolute Gasteiger partial charge is 0.130 e. The van der Waals surface area contributed by atoms with Crippen LogP contribution in [-0.2, 0) is 11.2 Å². The zero-order valence-electron chi connectivity index (χ0n) is 12.6. The van der Waals surface area contributed by atoms with Gasteiger partial charge in [-0.15, -0.1) is 0 Å². The molecular formula is C16H26OSi. The minimum atomic E-state index is -1.63. The van der Waals surface area contributed by atoms with Crippen molar-refractivity contribution in [2.75, 3.05) is 0 Å².